The lowest BCUT2D eigenvalue weighted by Gasteiger charge is -2.03. The summed E-state index contributed by atoms with van der Waals surface area (Å²) in [6.07, 6.45) is 1.74. The molecule has 0 saturated heterocycles. The third-order valence-corrected chi connectivity index (χ3v) is 3.87. The number of carbonyl (C=O) groups excluding carboxylic acids is 1. The fourth-order valence-corrected chi connectivity index (χ4v) is 2.58. The molecule has 1 N–H and O–H groups in total. The van der Waals surface area contributed by atoms with Gasteiger partial charge in [-0.05, 0) is 37.3 Å². The van der Waals surface area contributed by atoms with Gasteiger partial charge in [0.1, 0.15) is 5.75 Å². The van der Waals surface area contributed by atoms with Crippen LogP contribution in [0.5, 0.6) is 5.75 Å². The molecule has 0 aliphatic heterocycles. The zero-order chi connectivity index (χ0) is 15.5. The Balaban J connectivity index is 1.76. The van der Waals surface area contributed by atoms with E-state index in [-0.39, 0.29) is 5.91 Å². The van der Waals surface area contributed by atoms with Gasteiger partial charge in [-0.1, -0.05) is 0 Å². The lowest BCUT2D eigenvalue weighted by Crippen LogP contribution is -2.13. The van der Waals surface area contributed by atoms with Crippen LogP contribution in [0.2, 0.25) is 0 Å². The van der Waals surface area contributed by atoms with Crippen molar-refractivity contribution in [2.24, 2.45) is 0 Å². The molecule has 112 valence electrons. The Hall–Kier alpha value is -2.67. The third-order valence-electron chi connectivity index (χ3n) is 3.00. The van der Waals surface area contributed by atoms with Crippen LogP contribution in [0.15, 0.2) is 41.9 Å². The number of rotatable bonds is 4. The topological polar surface area (TPSA) is 69.0 Å². The van der Waals surface area contributed by atoms with E-state index < -0.39 is 0 Å². The monoisotopic (exact) mass is 314 g/mol. The van der Waals surface area contributed by atoms with Crippen LogP contribution in [-0.4, -0.2) is 27.8 Å². The van der Waals surface area contributed by atoms with Crippen LogP contribution >= 0.6 is 11.3 Å². The average Bonchev–Trinajstić information content (AvgIpc) is 3.17. The van der Waals surface area contributed by atoms with Crippen molar-refractivity contribution < 1.29 is 9.53 Å². The Morgan fingerprint density at radius 1 is 1.27 bits per heavy atom. The maximum atomic E-state index is 12.1. The Morgan fingerprint density at radius 3 is 2.68 bits per heavy atom. The van der Waals surface area contributed by atoms with Crippen LogP contribution in [0.3, 0.4) is 0 Å². The molecule has 22 heavy (non-hydrogen) atoms. The molecule has 0 fully saturated rings. The van der Waals surface area contributed by atoms with Gasteiger partial charge in [-0.3, -0.25) is 10.1 Å². The van der Waals surface area contributed by atoms with Crippen molar-refractivity contribution in [3.05, 3.63) is 53.3 Å². The molecule has 6 nitrogen and oxygen atoms in total. The molecule has 2 heterocycles. The van der Waals surface area contributed by atoms with Gasteiger partial charge < -0.3 is 4.74 Å². The van der Waals surface area contributed by atoms with E-state index in [9.17, 15) is 4.79 Å². The lowest BCUT2D eigenvalue weighted by atomic mass is 10.3. The minimum Gasteiger partial charge on any atom is -0.497 e. The van der Waals surface area contributed by atoms with Gasteiger partial charge >= 0.3 is 0 Å². The molecule has 0 saturated carbocycles. The summed E-state index contributed by atoms with van der Waals surface area (Å²) < 4.78 is 6.76. The molecule has 7 heteroatoms. The van der Waals surface area contributed by atoms with Crippen molar-refractivity contribution in [2.45, 2.75) is 6.92 Å². The molecule has 0 aliphatic rings. The van der Waals surface area contributed by atoms with E-state index in [0.717, 1.165) is 17.1 Å². The number of thiazole rings is 1. The van der Waals surface area contributed by atoms with Crippen molar-refractivity contribution >= 4 is 22.4 Å². The molecule has 0 unspecified atom stereocenters. The van der Waals surface area contributed by atoms with Crippen LogP contribution in [0, 0.1) is 6.92 Å². The molecule has 1 amide bonds. The molecule has 0 aliphatic carbocycles. The molecule has 2 aromatic heterocycles. The standard InChI is InChI=1S/C15H14N4O2S/c1-10-9-22-15(16-10)17-14(20)13-7-8-19(18-13)11-3-5-12(21-2)6-4-11/h3-9H,1-2H3,(H,16,17,20). The number of hydrogen-bond donors (Lipinski definition) is 1. The molecule has 3 rings (SSSR count). The number of aryl methyl sites for hydroxylation is 1. The SMILES string of the molecule is COc1ccc(-n2ccc(C(=O)Nc3nc(C)cs3)n2)cc1. The zero-order valence-corrected chi connectivity index (χ0v) is 12.9. The van der Waals surface area contributed by atoms with E-state index in [1.165, 1.54) is 11.3 Å². The van der Waals surface area contributed by atoms with Gasteiger partial charge in [0.25, 0.3) is 5.91 Å². The zero-order valence-electron chi connectivity index (χ0n) is 12.1. The maximum Gasteiger partial charge on any atom is 0.277 e. The van der Waals surface area contributed by atoms with Crippen molar-refractivity contribution in [3.8, 4) is 11.4 Å². The minimum absolute atomic E-state index is 0.276. The van der Waals surface area contributed by atoms with E-state index in [1.807, 2.05) is 36.6 Å². The fourth-order valence-electron chi connectivity index (χ4n) is 1.90. The number of methoxy groups -OCH3 is 1. The van der Waals surface area contributed by atoms with Crippen LogP contribution < -0.4 is 10.1 Å². The van der Waals surface area contributed by atoms with Crippen LogP contribution in [0.4, 0.5) is 5.13 Å². The van der Waals surface area contributed by atoms with E-state index in [2.05, 4.69) is 15.4 Å². The summed E-state index contributed by atoms with van der Waals surface area (Å²) in [7, 11) is 1.62. The summed E-state index contributed by atoms with van der Waals surface area (Å²) in [5.41, 5.74) is 2.07. The lowest BCUT2D eigenvalue weighted by molar-refractivity contribution is 0.102. The predicted octanol–water partition coefficient (Wildman–Crippen LogP) is 2.90. The molecule has 0 radical (unpaired) electrons. The number of nitrogens with zero attached hydrogens (tertiary/aromatic N) is 3. The van der Waals surface area contributed by atoms with E-state index in [4.69, 9.17) is 4.74 Å². The average molecular weight is 314 g/mol. The molecular formula is C15H14N4O2S. The number of carbonyl (C=O) groups is 1. The number of nitrogens with one attached hydrogen (secondary N) is 1. The molecule has 0 spiro atoms. The molecular weight excluding hydrogens is 300 g/mol. The van der Waals surface area contributed by atoms with Crippen LogP contribution in [-0.2, 0) is 0 Å². The normalized spacial score (nSPS) is 10.5. The highest BCUT2D eigenvalue weighted by atomic mass is 32.1. The van der Waals surface area contributed by atoms with Crippen LogP contribution in [0.1, 0.15) is 16.2 Å². The molecule has 0 atom stereocenters. The van der Waals surface area contributed by atoms with Crippen molar-refractivity contribution in [2.75, 3.05) is 12.4 Å². The Labute approximate surface area is 131 Å². The highest BCUT2D eigenvalue weighted by Gasteiger charge is 2.12. The first-order valence-corrected chi connectivity index (χ1v) is 7.47. The first-order chi connectivity index (χ1) is 10.7. The molecule has 1 aromatic carbocycles. The second-order valence-electron chi connectivity index (χ2n) is 4.59. The van der Waals surface area contributed by atoms with E-state index in [0.29, 0.717) is 10.8 Å². The Kier molecular flexibility index (Phi) is 3.88. The fraction of sp³-hybridized carbons (Fsp3) is 0.133. The first-order valence-electron chi connectivity index (χ1n) is 6.59. The van der Waals surface area contributed by atoms with Gasteiger partial charge in [0.15, 0.2) is 10.8 Å². The largest absolute Gasteiger partial charge is 0.497 e. The number of amides is 1. The van der Waals surface area contributed by atoms with Crippen molar-refractivity contribution in [1.82, 2.24) is 14.8 Å². The summed E-state index contributed by atoms with van der Waals surface area (Å²) in [6, 6.07) is 9.10. The highest BCUT2D eigenvalue weighted by Crippen LogP contribution is 2.17. The van der Waals surface area contributed by atoms with Gasteiger partial charge in [-0.2, -0.15) is 5.10 Å². The number of benzene rings is 1. The number of ether oxygens (including phenoxy) is 1. The second kappa shape index (κ2) is 5.98. The molecule has 3 aromatic rings. The first kappa shape index (κ1) is 14.3. The van der Waals surface area contributed by atoms with Crippen molar-refractivity contribution in [3.63, 3.8) is 0 Å². The van der Waals surface area contributed by atoms with E-state index in [1.54, 1.807) is 24.1 Å². The Morgan fingerprint density at radius 2 is 2.05 bits per heavy atom. The quantitative estimate of drug-likeness (QED) is 0.804. The van der Waals surface area contributed by atoms with Gasteiger partial charge in [0, 0.05) is 11.6 Å². The van der Waals surface area contributed by atoms with E-state index >= 15 is 0 Å². The van der Waals surface area contributed by atoms with Gasteiger partial charge in [-0.25, -0.2) is 9.67 Å². The highest BCUT2D eigenvalue weighted by molar-refractivity contribution is 7.13. The number of aromatic nitrogens is 3. The Bertz CT molecular complexity index is 792. The van der Waals surface area contributed by atoms with Crippen molar-refractivity contribution in [1.29, 1.82) is 0 Å². The van der Waals surface area contributed by atoms with Gasteiger partial charge in [-0.15, -0.1) is 11.3 Å². The number of anilines is 1. The maximum absolute atomic E-state index is 12.1. The smallest absolute Gasteiger partial charge is 0.277 e. The summed E-state index contributed by atoms with van der Waals surface area (Å²) >= 11 is 1.39. The van der Waals surface area contributed by atoms with Gasteiger partial charge in [0.2, 0.25) is 0 Å². The van der Waals surface area contributed by atoms with Crippen LogP contribution in [0.25, 0.3) is 5.69 Å². The number of hydrogen-bond acceptors (Lipinski definition) is 5. The summed E-state index contributed by atoms with van der Waals surface area (Å²) in [5, 5.41) is 9.47. The second-order valence-corrected chi connectivity index (χ2v) is 5.45. The summed E-state index contributed by atoms with van der Waals surface area (Å²) in [5.74, 6) is 0.495. The summed E-state index contributed by atoms with van der Waals surface area (Å²) in [6.45, 7) is 1.88. The molecule has 0 bridgehead atoms. The summed E-state index contributed by atoms with van der Waals surface area (Å²) in [4.78, 5) is 16.3. The minimum atomic E-state index is -0.276. The van der Waals surface area contributed by atoms with Gasteiger partial charge in [0.05, 0.1) is 18.5 Å². The predicted molar refractivity (Wildman–Crippen MR) is 84.9 cm³/mol. The third kappa shape index (κ3) is 2.99.